The molecule has 0 unspecified atom stereocenters. The number of thioether (sulfide) groups is 2. The van der Waals surface area contributed by atoms with Gasteiger partial charge in [-0.1, -0.05) is 29.6 Å². The number of hydrogen-bond acceptors (Lipinski definition) is 7. The lowest BCUT2D eigenvalue weighted by Gasteiger charge is -2.04. The molecule has 3 heterocycles. The van der Waals surface area contributed by atoms with Crippen molar-refractivity contribution in [3.63, 3.8) is 0 Å². The lowest BCUT2D eigenvalue weighted by molar-refractivity contribution is 0.787. The van der Waals surface area contributed by atoms with Crippen molar-refractivity contribution < 1.29 is 0 Å². The van der Waals surface area contributed by atoms with Gasteiger partial charge in [-0.3, -0.25) is 4.98 Å². The van der Waals surface area contributed by atoms with E-state index in [0.717, 1.165) is 33.2 Å². The smallest absolute Gasteiger partial charge is 0.191 e. The molecule has 0 bridgehead atoms. The molecule has 0 N–H and O–H groups in total. The quantitative estimate of drug-likeness (QED) is 0.638. The van der Waals surface area contributed by atoms with Gasteiger partial charge in [0.25, 0.3) is 0 Å². The SMILES string of the molecule is Cn1cnnc1SCc1cccc(CSc2nncn2C)n1. The molecule has 0 saturated heterocycles. The third kappa shape index (κ3) is 3.66. The Balaban J connectivity index is 1.60. The minimum atomic E-state index is 0.773. The highest BCUT2D eigenvalue weighted by Gasteiger charge is 2.06. The summed E-state index contributed by atoms with van der Waals surface area (Å²) in [6.45, 7) is 0. The van der Waals surface area contributed by atoms with Crippen molar-refractivity contribution in [3.05, 3.63) is 42.2 Å². The van der Waals surface area contributed by atoms with E-state index in [9.17, 15) is 0 Å². The Kier molecular flexibility index (Phi) is 4.74. The highest BCUT2D eigenvalue weighted by molar-refractivity contribution is 7.98. The fraction of sp³-hybridized carbons (Fsp3) is 0.308. The van der Waals surface area contributed by atoms with Crippen LogP contribution in [0.5, 0.6) is 0 Å². The van der Waals surface area contributed by atoms with Gasteiger partial charge in [0.2, 0.25) is 0 Å². The van der Waals surface area contributed by atoms with Gasteiger partial charge in [-0.2, -0.15) is 0 Å². The summed E-state index contributed by atoms with van der Waals surface area (Å²) in [6.07, 6.45) is 3.40. The molecule has 3 aromatic heterocycles. The van der Waals surface area contributed by atoms with Crippen LogP contribution < -0.4 is 0 Å². The van der Waals surface area contributed by atoms with E-state index in [1.807, 2.05) is 41.4 Å². The summed E-state index contributed by atoms with van der Waals surface area (Å²) in [6, 6.07) is 6.09. The fourth-order valence-electron chi connectivity index (χ4n) is 1.77. The van der Waals surface area contributed by atoms with Crippen LogP contribution in [0.1, 0.15) is 11.4 Å². The van der Waals surface area contributed by atoms with E-state index in [-0.39, 0.29) is 0 Å². The van der Waals surface area contributed by atoms with E-state index in [0.29, 0.717) is 0 Å². The van der Waals surface area contributed by atoms with Gasteiger partial charge >= 0.3 is 0 Å². The van der Waals surface area contributed by atoms with Crippen molar-refractivity contribution in [1.29, 1.82) is 0 Å². The number of rotatable bonds is 6. The average Bonchev–Trinajstić information content (AvgIpc) is 3.12. The molecule has 0 aliphatic rings. The van der Waals surface area contributed by atoms with Crippen molar-refractivity contribution in [2.75, 3.05) is 0 Å². The Morgan fingerprint density at radius 2 is 1.36 bits per heavy atom. The molecule has 3 rings (SSSR count). The molecular formula is C13H15N7S2. The predicted octanol–water partition coefficient (Wildman–Crippen LogP) is 1.92. The maximum Gasteiger partial charge on any atom is 0.191 e. The zero-order chi connectivity index (χ0) is 15.4. The van der Waals surface area contributed by atoms with Crippen molar-refractivity contribution in [1.82, 2.24) is 34.5 Å². The Labute approximate surface area is 136 Å². The second-order valence-electron chi connectivity index (χ2n) is 4.65. The van der Waals surface area contributed by atoms with Crippen molar-refractivity contribution in [2.24, 2.45) is 14.1 Å². The standard InChI is InChI=1S/C13H15N7S2/c1-19-8-14-17-12(19)21-6-10-4-3-5-11(16-10)7-22-13-18-15-9-20(13)2/h3-5,8-9H,6-7H2,1-2H3. The molecule has 0 spiro atoms. The van der Waals surface area contributed by atoms with Crippen LogP contribution in [0, 0.1) is 0 Å². The Morgan fingerprint density at radius 3 is 1.77 bits per heavy atom. The van der Waals surface area contributed by atoms with Crippen LogP contribution >= 0.6 is 23.5 Å². The summed E-state index contributed by atoms with van der Waals surface area (Å²) in [4.78, 5) is 4.67. The zero-order valence-electron chi connectivity index (χ0n) is 12.2. The molecule has 0 aliphatic heterocycles. The Morgan fingerprint density at radius 1 is 0.864 bits per heavy atom. The summed E-state index contributed by atoms with van der Waals surface area (Å²) in [5, 5.41) is 17.6. The molecule has 0 atom stereocenters. The van der Waals surface area contributed by atoms with Crippen LogP contribution in [-0.2, 0) is 25.6 Å². The van der Waals surface area contributed by atoms with E-state index in [4.69, 9.17) is 0 Å². The van der Waals surface area contributed by atoms with Gasteiger partial charge in [0.15, 0.2) is 10.3 Å². The second-order valence-corrected chi connectivity index (χ2v) is 6.53. The number of hydrogen-bond donors (Lipinski definition) is 0. The van der Waals surface area contributed by atoms with E-state index in [1.54, 1.807) is 36.2 Å². The molecule has 114 valence electrons. The number of aromatic nitrogens is 7. The molecule has 7 nitrogen and oxygen atoms in total. The van der Waals surface area contributed by atoms with Crippen LogP contribution in [0.15, 0.2) is 41.2 Å². The first-order chi connectivity index (χ1) is 10.7. The molecule has 22 heavy (non-hydrogen) atoms. The van der Waals surface area contributed by atoms with Crippen molar-refractivity contribution >= 4 is 23.5 Å². The summed E-state index contributed by atoms with van der Waals surface area (Å²) >= 11 is 3.25. The summed E-state index contributed by atoms with van der Waals surface area (Å²) in [5.74, 6) is 1.55. The van der Waals surface area contributed by atoms with Crippen molar-refractivity contribution in [3.8, 4) is 0 Å². The first-order valence-corrected chi connectivity index (χ1v) is 8.58. The molecule has 0 saturated carbocycles. The molecule has 0 fully saturated rings. The van der Waals surface area contributed by atoms with Gasteiger partial charge in [0, 0.05) is 25.6 Å². The monoisotopic (exact) mass is 333 g/mol. The predicted molar refractivity (Wildman–Crippen MR) is 85.4 cm³/mol. The maximum absolute atomic E-state index is 4.67. The zero-order valence-corrected chi connectivity index (χ0v) is 13.9. The van der Waals surface area contributed by atoms with E-state index in [2.05, 4.69) is 25.4 Å². The highest BCUT2D eigenvalue weighted by Crippen LogP contribution is 2.21. The molecule has 0 amide bonds. The third-order valence-corrected chi connectivity index (χ3v) is 5.04. The first kappa shape index (κ1) is 15.0. The van der Waals surface area contributed by atoms with Crippen LogP contribution in [0.3, 0.4) is 0 Å². The Bertz CT molecular complexity index is 693. The maximum atomic E-state index is 4.67. The lowest BCUT2D eigenvalue weighted by Crippen LogP contribution is -1.95. The van der Waals surface area contributed by atoms with E-state index in [1.165, 1.54) is 0 Å². The van der Waals surface area contributed by atoms with E-state index < -0.39 is 0 Å². The van der Waals surface area contributed by atoms with E-state index >= 15 is 0 Å². The van der Waals surface area contributed by atoms with Gasteiger partial charge in [0.05, 0.1) is 11.4 Å². The molecule has 0 aromatic carbocycles. The van der Waals surface area contributed by atoms with Crippen LogP contribution in [0.4, 0.5) is 0 Å². The molecule has 0 radical (unpaired) electrons. The highest BCUT2D eigenvalue weighted by atomic mass is 32.2. The molecule has 9 heteroatoms. The van der Waals surface area contributed by atoms with Gasteiger partial charge in [-0.25, -0.2) is 0 Å². The van der Waals surface area contributed by atoms with Gasteiger partial charge in [-0.15, -0.1) is 20.4 Å². The molecule has 0 aliphatic carbocycles. The van der Waals surface area contributed by atoms with Gasteiger partial charge in [0.1, 0.15) is 12.7 Å². The summed E-state index contributed by atoms with van der Waals surface area (Å²) in [5.41, 5.74) is 2.06. The number of nitrogens with zero attached hydrogens (tertiary/aromatic N) is 7. The second kappa shape index (κ2) is 6.93. The lowest BCUT2D eigenvalue weighted by atomic mass is 10.3. The van der Waals surface area contributed by atoms with Crippen LogP contribution in [-0.4, -0.2) is 34.5 Å². The van der Waals surface area contributed by atoms with Crippen molar-refractivity contribution in [2.45, 2.75) is 21.8 Å². The number of pyridine rings is 1. The fourth-order valence-corrected chi connectivity index (χ4v) is 3.36. The third-order valence-electron chi connectivity index (χ3n) is 2.90. The van der Waals surface area contributed by atoms with Crippen LogP contribution in [0.25, 0.3) is 0 Å². The van der Waals surface area contributed by atoms with Gasteiger partial charge < -0.3 is 9.13 Å². The largest absolute Gasteiger partial charge is 0.312 e. The normalized spacial score (nSPS) is 11.0. The minimum absolute atomic E-state index is 0.773. The Hall–Kier alpha value is -1.87. The first-order valence-electron chi connectivity index (χ1n) is 6.61. The summed E-state index contributed by atoms with van der Waals surface area (Å²) < 4.78 is 3.80. The van der Waals surface area contributed by atoms with Crippen LogP contribution in [0.2, 0.25) is 0 Å². The topological polar surface area (TPSA) is 74.3 Å². The minimum Gasteiger partial charge on any atom is -0.312 e. The average molecular weight is 333 g/mol. The van der Waals surface area contributed by atoms with Gasteiger partial charge in [-0.05, 0) is 12.1 Å². The number of aryl methyl sites for hydroxylation is 2. The molecule has 3 aromatic rings. The molecular weight excluding hydrogens is 318 g/mol. The summed E-state index contributed by atoms with van der Waals surface area (Å²) in [7, 11) is 3.87.